The molecule has 0 aliphatic carbocycles. The molecule has 1 aliphatic rings. The summed E-state index contributed by atoms with van der Waals surface area (Å²) in [5.41, 5.74) is 0. The van der Waals surface area contributed by atoms with E-state index in [0.29, 0.717) is 0 Å². The third-order valence-corrected chi connectivity index (χ3v) is 5.48. The molecule has 2 rings (SSSR count). The molecule has 1 saturated heterocycles. The van der Waals surface area contributed by atoms with Gasteiger partial charge in [0.1, 0.15) is 10.7 Å². The van der Waals surface area contributed by atoms with E-state index in [1.807, 2.05) is 13.0 Å². The van der Waals surface area contributed by atoms with Crippen molar-refractivity contribution in [2.75, 3.05) is 26.2 Å². The van der Waals surface area contributed by atoms with E-state index in [2.05, 4.69) is 0 Å². The van der Waals surface area contributed by atoms with Crippen molar-refractivity contribution in [1.82, 2.24) is 9.21 Å². The van der Waals surface area contributed by atoms with Crippen LogP contribution in [0.1, 0.15) is 6.92 Å². The lowest BCUT2D eigenvalue weighted by atomic mass is 10.3. The molecule has 124 valence electrons. The zero-order valence-electron chi connectivity index (χ0n) is 12.9. The number of allylic oxidation sites excluding steroid dienone is 3. The lowest BCUT2D eigenvalue weighted by molar-refractivity contribution is -0.127. The smallest absolute Gasteiger partial charge is 0.246 e. The van der Waals surface area contributed by atoms with Gasteiger partial charge in [-0.2, -0.15) is 4.31 Å². The molecule has 0 aromatic heterocycles. The summed E-state index contributed by atoms with van der Waals surface area (Å²) in [7, 11) is -3.87. The minimum Gasteiger partial charge on any atom is -0.337 e. The summed E-state index contributed by atoms with van der Waals surface area (Å²) >= 11 is 0. The van der Waals surface area contributed by atoms with E-state index in [1.165, 1.54) is 28.6 Å². The number of benzene rings is 1. The molecule has 0 saturated carbocycles. The van der Waals surface area contributed by atoms with Crippen LogP contribution in [0.3, 0.4) is 0 Å². The van der Waals surface area contributed by atoms with Crippen molar-refractivity contribution >= 4 is 15.9 Å². The summed E-state index contributed by atoms with van der Waals surface area (Å²) in [4.78, 5) is 13.2. The number of rotatable bonds is 4. The molecule has 1 aliphatic heterocycles. The summed E-state index contributed by atoms with van der Waals surface area (Å²) in [5.74, 6) is -0.925. The number of piperazine rings is 1. The largest absolute Gasteiger partial charge is 0.337 e. The maximum Gasteiger partial charge on any atom is 0.246 e. The summed E-state index contributed by atoms with van der Waals surface area (Å²) < 4.78 is 39.9. The number of carbonyl (C=O) groups is 1. The quantitative estimate of drug-likeness (QED) is 0.621. The topological polar surface area (TPSA) is 57.7 Å². The van der Waals surface area contributed by atoms with Gasteiger partial charge in [-0.3, -0.25) is 4.79 Å². The number of hydrogen-bond acceptors (Lipinski definition) is 3. The van der Waals surface area contributed by atoms with Crippen molar-refractivity contribution in [2.45, 2.75) is 11.8 Å². The Bertz CT molecular complexity index is 721. The second-order valence-electron chi connectivity index (χ2n) is 5.04. The fourth-order valence-corrected chi connectivity index (χ4v) is 3.78. The number of sulfonamides is 1. The molecule has 0 unspecified atom stereocenters. The fourth-order valence-electron chi connectivity index (χ4n) is 2.30. The Morgan fingerprint density at radius 3 is 2.39 bits per heavy atom. The first-order valence-corrected chi connectivity index (χ1v) is 8.74. The van der Waals surface area contributed by atoms with Crippen LogP contribution in [0.5, 0.6) is 0 Å². The van der Waals surface area contributed by atoms with Gasteiger partial charge >= 0.3 is 0 Å². The van der Waals surface area contributed by atoms with Gasteiger partial charge in [0.25, 0.3) is 0 Å². The summed E-state index contributed by atoms with van der Waals surface area (Å²) in [6, 6.07) is 5.31. The molecule has 0 atom stereocenters. The third-order valence-electron chi connectivity index (χ3n) is 3.55. The van der Waals surface area contributed by atoms with Crippen LogP contribution in [0.4, 0.5) is 4.39 Å². The van der Waals surface area contributed by atoms with Gasteiger partial charge in [-0.05, 0) is 19.1 Å². The highest BCUT2D eigenvalue weighted by atomic mass is 32.2. The highest BCUT2D eigenvalue weighted by Gasteiger charge is 2.31. The second kappa shape index (κ2) is 7.52. The molecular formula is C16H19FN2O3S. The van der Waals surface area contributed by atoms with Crippen molar-refractivity contribution in [3.05, 3.63) is 54.4 Å². The van der Waals surface area contributed by atoms with E-state index in [1.54, 1.807) is 17.1 Å². The highest BCUT2D eigenvalue weighted by Crippen LogP contribution is 2.20. The van der Waals surface area contributed by atoms with Gasteiger partial charge < -0.3 is 4.90 Å². The van der Waals surface area contributed by atoms with Crippen LogP contribution in [0.15, 0.2) is 53.5 Å². The molecule has 23 heavy (non-hydrogen) atoms. The molecule has 7 heteroatoms. The van der Waals surface area contributed by atoms with Crippen LogP contribution < -0.4 is 0 Å². The molecule has 1 fully saturated rings. The van der Waals surface area contributed by atoms with Crippen LogP contribution in [-0.4, -0.2) is 49.7 Å². The van der Waals surface area contributed by atoms with Gasteiger partial charge in [0.2, 0.25) is 15.9 Å². The number of hydrogen-bond donors (Lipinski definition) is 0. The van der Waals surface area contributed by atoms with Crippen LogP contribution in [-0.2, 0) is 14.8 Å². The predicted molar refractivity (Wildman–Crippen MR) is 85.7 cm³/mol. The molecule has 5 nitrogen and oxygen atoms in total. The summed E-state index contributed by atoms with van der Waals surface area (Å²) in [6.45, 7) is 2.72. The van der Waals surface area contributed by atoms with Crippen molar-refractivity contribution < 1.29 is 17.6 Å². The van der Waals surface area contributed by atoms with E-state index < -0.39 is 15.8 Å². The zero-order chi connectivity index (χ0) is 16.9. The van der Waals surface area contributed by atoms with E-state index in [4.69, 9.17) is 0 Å². The Labute approximate surface area is 135 Å². The second-order valence-corrected chi connectivity index (χ2v) is 6.95. The lowest BCUT2D eigenvalue weighted by Gasteiger charge is -2.33. The minimum atomic E-state index is -3.87. The molecule has 0 radical (unpaired) electrons. The van der Waals surface area contributed by atoms with Gasteiger partial charge in [-0.1, -0.05) is 30.4 Å². The number of amides is 1. The zero-order valence-corrected chi connectivity index (χ0v) is 13.7. The van der Waals surface area contributed by atoms with Crippen molar-refractivity contribution in [2.24, 2.45) is 0 Å². The van der Waals surface area contributed by atoms with E-state index in [9.17, 15) is 17.6 Å². The predicted octanol–water partition coefficient (Wildman–Crippen LogP) is 1.79. The first kappa shape index (κ1) is 17.4. The Balaban J connectivity index is 2.04. The van der Waals surface area contributed by atoms with E-state index in [0.717, 1.165) is 6.07 Å². The van der Waals surface area contributed by atoms with E-state index >= 15 is 0 Å². The number of carbonyl (C=O) groups excluding carboxylic acids is 1. The van der Waals surface area contributed by atoms with Gasteiger partial charge in [-0.15, -0.1) is 0 Å². The van der Waals surface area contributed by atoms with Crippen molar-refractivity contribution in [1.29, 1.82) is 0 Å². The number of halogens is 1. The molecule has 1 aromatic rings. The first-order valence-electron chi connectivity index (χ1n) is 7.30. The van der Waals surface area contributed by atoms with Gasteiger partial charge in [0.05, 0.1) is 0 Å². The normalized spacial score (nSPS) is 17.2. The summed E-state index contributed by atoms with van der Waals surface area (Å²) in [6.07, 6.45) is 6.64. The monoisotopic (exact) mass is 338 g/mol. The van der Waals surface area contributed by atoms with E-state index in [-0.39, 0.29) is 37.0 Å². The Morgan fingerprint density at radius 2 is 1.78 bits per heavy atom. The summed E-state index contributed by atoms with van der Waals surface area (Å²) in [5, 5.41) is 0. The van der Waals surface area contributed by atoms with Crippen molar-refractivity contribution in [3.8, 4) is 0 Å². The van der Waals surface area contributed by atoms with Crippen LogP contribution in [0, 0.1) is 5.82 Å². The highest BCUT2D eigenvalue weighted by molar-refractivity contribution is 7.89. The SMILES string of the molecule is C/C=C/C=C/C(=O)N1CCN(S(=O)(=O)c2ccccc2F)CC1. The van der Waals surface area contributed by atoms with Gasteiger partial charge in [-0.25, -0.2) is 12.8 Å². The molecule has 0 spiro atoms. The van der Waals surface area contributed by atoms with Gasteiger partial charge in [0.15, 0.2) is 0 Å². The first-order chi connectivity index (χ1) is 11.0. The molecule has 0 N–H and O–H groups in total. The van der Waals surface area contributed by atoms with Crippen molar-refractivity contribution in [3.63, 3.8) is 0 Å². The van der Waals surface area contributed by atoms with Crippen LogP contribution >= 0.6 is 0 Å². The molecule has 1 amide bonds. The Kier molecular flexibility index (Phi) is 5.68. The average molecular weight is 338 g/mol. The molecule has 1 aromatic carbocycles. The Hall–Kier alpha value is -1.99. The van der Waals surface area contributed by atoms with Crippen LogP contribution in [0.2, 0.25) is 0 Å². The molecular weight excluding hydrogens is 319 g/mol. The standard InChI is InChI=1S/C16H19FN2O3S/c1-2-3-4-9-16(20)18-10-12-19(13-11-18)23(21,22)15-8-6-5-7-14(15)17/h2-9H,10-13H2,1H3/b3-2+,9-4+. The average Bonchev–Trinajstić information content (AvgIpc) is 2.55. The maximum absolute atomic E-state index is 13.7. The third kappa shape index (κ3) is 4.05. The minimum absolute atomic E-state index is 0.153. The molecule has 1 heterocycles. The Morgan fingerprint density at radius 1 is 1.13 bits per heavy atom. The number of nitrogens with zero attached hydrogens (tertiary/aromatic N) is 2. The van der Waals surface area contributed by atoms with Gasteiger partial charge in [0, 0.05) is 32.3 Å². The van der Waals surface area contributed by atoms with Crippen LogP contribution in [0.25, 0.3) is 0 Å². The fraction of sp³-hybridized carbons (Fsp3) is 0.312. The molecule has 0 bridgehead atoms. The maximum atomic E-state index is 13.7. The lowest BCUT2D eigenvalue weighted by Crippen LogP contribution is -2.50.